The maximum absolute atomic E-state index is 12.2. The third-order valence-corrected chi connectivity index (χ3v) is 3.94. The van der Waals surface area contributed by atoms with Crippen LogP contribution in [0.15, 0.2) is 70.0 Å². The SMILES string of the molecule is O=C(NCCNc1ccccc1[N+](=O)[O-])c1ccc(Cn2ccccc2=O)o1. The van der Waals surface area contributed by atoms with Crippen molar-refractivity contribution in [2.24, 2.45) is 0 Å². The Morgan fingerprint density at radius 3 is 2.64 bits per heavy atom. The van der Waals surface area contributed by atoms with Crippen LogP contribution in [0.1, 0.15) is 16.3 Å². The summed E-state index contributed by atoms with van der Waals surface area (Å²) >= 11 is 0. The fraction of sp³-hybridized carbons (Fsp3) is 0.158. The molecule has 3 rings (SSSR count). The van der Waals surface area contributed by atoms with Crippen LogP contribution in [-0.4, -0.2) is 28.5 Å². The highest BCUT2D eigenvalue weighted by Crippen LogP contribution is 2.22. The van der Waals surface area contributed by atoms with Crippen LogP contribution in [0.25, 0.3) is 0 Å². The van der Waals surface area contributed by atoms with Crippen molar-refractivity contribution in [2.45, 2.75) is 6.54 Å². The number of carbonyl (C=O) groups is 1. The fourth-order valence-corrected chi connectivity index (χ4v) is 2.59. The lowest BCUT2D eigenvalue weighted by Crippen LogP contribution is -2.28. The first-order valence-electron chi connectivity index (χ1n) is 8.54. The maximum atomic E-state index is 12.2. The molecule has 28 heavy (non-hydrogen) atoms. The lowest BCUT2D eigenvalue weighted by atomic mass is 10.2. The van der Waals surface area contributed by atoms with E-state index in [9.17, 15) is 19.7 Å². The molecule has 0 unspecified atom stereocenters. The minimum absolute atomic E-state index is 0.0272. The normalized spacial score (nSPS) is 10.4. The van der Waals surface area contributed by atoms with Crippen molar-refractivity contribution in [3.05, 3.63) is 92.8 Å². The van der Waals surface area contributed by atoms with Gasteiger partial charge in [-0.15, -0.1) is 0 Å². The van der Waals surface area contributed by atoms with E-state index in [2.05, 4.69) is 10.6 Å². The average molecular weight is 382 g/mol. The van der Waals surface area contributed by atoms with E-state index in [4.69, 9.17) is 4.42 Å². The highest BCUT2D eigenvalue weighted by atomic mass is 16.6. The van der Waals surface area contributed by atoms with E-state index in [-0.39, 0.29) is 30.1 Å². The molecule has 0 spiro atoms. The number of hydrogen-bond donors (Lipinski definition) is 2. The molecule has 0 radical (unpaired) electrons. The zero-order valence-corrected chi connectivity index (χ0v) is 14.8. The summed E-state index contributed by atoms with van der Waals surface area (Å²) in [6.07, 6.45) is 1.64. The van der Waals surface area contributed by atoms with Crippen molar-refractivity contribution in [1.29, 1.82) is 0 Å². The summed E-state index contributed by atoms with van der Waals surface area (Å²) in [7, 11) is 0. The van der Waals surface area contributed by atoms with Crippen LogP contribution in [0.2, 0.25) is 0 Å². The molecule has 2 heterocycles. The molecular weight excluding hydrogens is 364 g/mol. The number of nitrogens with one attached hydrogen (secondary N) is 2. The molecule has 1 aromatic carbocycles. The van der Waals surface area contributed by atoms with Crippen LogP contribution >= 0.6 is 0 Å². The molecule has 0 aliphatic heterocycles. The summed E-state index contributed by atoms with van der Waals surface area (Å²) in [4.78, 5) is 34.4. The Morgan fingerprint density at radius 1 is 1.07 bits per heavy atom. The molecule has 0 bridgehead atoms. The number of pyridine rings is 1. The fourth-order valence-electron chi connectivity index (χ4n) is 2.59. The summed E-state index contributed by atoms with van der Waals surface area (Å²) in [6.45, 7) is 0.787. The lowest BCUT2D eigenvalue weighted by Gasteiger charge is -2.07. The number of hydrogen-bond acceptors (Lipinski definition) is 6. The van der Waals surface area contributed by atoms with Gasteiger partial charge >= 0.3 is 0 Å². The monoisotopic (exact) mass is 382 g/mol. The standard InChI is InChI=1S/C19H18N4O5/c24-18-7-3-4-12-22(18)13-14-8-9-17(28-14)19(25)21-11-10-20-15-5-1-2-6-16(15)23(26)27/h1-9,12,20H,10-11,13H2,(H,21,25). The molecule has 9 heteroatoms. The average Bonchev–Trinajstić information content (AvgIpc) is 3.16. The molecule has 2 aromatic heterocycles. The number of carbonyl (C=O) groups excluding carboxylic acids is 1. The van der Waals surface area contributed by atoms with Gasteiger partial charge in [0.1, 0.15) is 11.4 Å². The first-order chi connectivity index (χ1) is 13.5. The Morgan fingerprint density at radius 2 is 1.86 bits per heavy atom. The first kappa shape index (κ1) is 18.9. The summed E-state index contributed by atoms with van der Waals surface area (Å²) in [6, 6.07) is 14.3. The number of rotatable bonds is 8. The molecule has 2 N–H and O–H groups in total. The molecule has 0 fully saturated rings. The van der Waals surface area contributed by atoms with Gasteiger partial charge in [0.25, 0.3) is 17.2 Å². The quantitative estimate of drug-likeness (QED) is 0.350. The number of anilines is 1. The number of benzene rings is 1. The van der Waals surface area contributed by atoms with E-state index in [1.54, 1.807) is 42.6 Å². The van der Waals surface area contributed by atoms with E-state index in [1.807, 2.05) is 0 Å². The third-order valence-electron chi connectivity index (χ3n) is 3.94. The number of aromatic nitrogens is 1. The van der Waals surface area contributed by atoms with Crippen LogP contribution in [0.3, 0.4) is 0 Å². The van der Waals surface area contributed by atoms with Crippen molar-refractivity contribution in [1.82, 2.24) is 9.88 Å². The second-order valence-corrected chi connectivity index (χ2v) is 5.89. The van der Waals surface area contributed by atoms with Gasteiger partial charge in [-0.05, 0) is 24.3 Å². The van der Waals surface area contributed by atoms with Crippen LogP contribution in [-0.2, 0) is 6.54 Å². The van der Waals surface area contributed by atoms with Gasteiger partial charge in [0, 0.05) is 31.4 Å². The Labute approximate surface area is 159 Å². The second-order valence-electron chi connectivity index (χ2n) is 5.89. The molecular formula is C19H18N4O5. The lowest BCUT2D eigenvalue weighted by molar-refractivity contribution is -0.384. The van der Waals surface area contributed by atoms with Gasteiger partial charge in [-0.2, -0.15) is 0 Å². The van der Waals surface area contributed by atoms with Crippen molar-refractivity contribution in [3.8, 4) is 0 Å². The van der Waals surface area contributed by atoms with Crippen LogP contribution in [0.5, 0.6) is 0 Å². The molecule has 0 saturated heterocycles. The van der Waals surface area contributed by atoms with Crippen molar-refractivity contribution < 1.29 is 14.1 Å². The zero-order valence-electron chi connectivity index (χ0n) is 14.8. The van der Waals surface area contributed by atoms with Gasteiger partial charge in [-0.1, -0.05) is 18.2 Å². The number of amides is 1. The number of nitro benzene ring substituents is 1. The Balaban J connectivity index is 1.51. The van der Waals surface area contributed by atoms with E-state index in [1.165, 1.54) is 22.8 Å². The van der Waals surface area contributed by atoms with Gasteiger partial charge in [-0.3, -0.25) is 19.7 Å². The highest BCUT2D eigenvalue weighted by molar-refractivity contribution is 5.91. The van der Waals surface area contributed by atoms with Gasteiger partial charge in [0.15, 0.2) is 5.76 Å². The molecule has 144 valence electrons. The van der Waals surface area contributed by atoms with E-state index < -0.39 is 10.8 Å². The molecule has 3 aromatic rings. The summed E-state index contributed by atoms with van der Waals surface area (Å²) in [5.74, 6) is 0.206. The molecule has 0 saturated carbocycles. The number of furan rings is 1. The number of para-hydroxylation sites is 2. The first-order valence-corrected chi connectivity index (χ1v) is 8.54. The van der Waals surface area contributed by atoms with Crippen LogP contribution in [0, 0.1) is 10.1 Å². The molecule has 0 aliphatic carbocycles. The van der Waals surface area contributed by atoms with Crippen molar-refractivity contribution in [2.75, 3.05) is 18.4 Å². The van der Waals surface area contributed by atoms with Gasteiger partial charge in [0.2, 0.25) is 0 Å². The van der Waals surface area contributed by atoms with Crippen LogP contribution in [0.4, 0.5) is 11.4 Å². The summed E-state index contributed by atoms with van der Waals surface area (Å²) < 4.78 is 6.96. The smallest absolute Gasteiger partial charge is 0.292 e. The molecule has 9 nitrogen and oxygen atoms in total. The second kappa shape index (κ2) is 8.67. The molecule has 1 amide bonds. The number of nitro groups is 1. The largest absolute Gasteiger partial charge is 0.454 e. The van der Waals surface area contributed by atoms with Gasteiger partial charge in [0.05, 0.1) is 11.5 Å². The minimum atomic E-state index is -0.469. The molecule has 0 atom stereocenters. The summed E-state index contributed by atoms with van der Waals surface area (Å²) in [5.41, 5.74) is 0.196. The zero-order chi connectivity index (χ0) is 19.9. The third kappa shape index (κ3) is 4.64. The molecule has 0 aliphatic rings. The van der Waals surface area contributed by atoms with Gasteiger partial charge < -0.3 is 19.6 Å². The minimum Gasteiger partial charge on any atom is -0.454 e. The van der Waals surface area contributed by atoms with E-state index in [0.29, 0.717) is 18.0 Å². The van der Waals surface area contributed by atoms with E-state index >= 15 is 0 Å². The topological polar surface area (TPSA) is 119 Å². The van der Waals surface area contributed by atoms with E-state index in [0.717, 1.165) is 0 Å². The Bertz CT molecular complexity index is 1040. The van der Waals surface area contributed by atoms with Crippen LogP contribution < -0.4 is 16.2 Å². The Hall–Kier alpha value is -3.88. The summed E-state index contributed by atoms with van der Waals surface area (Å²) in [5, 5.41) is 16.6. The predicted molar refractivity (Wildman–Crippen MR) is 102 cm³/mol. The van der Waals surface area contributed by atoms with Crippen molar-refractivity contribution >= 4 is 17.3 Å². The van der Waals surface area contributed by atoms with Gasteiger partial charge in [-0.25, -0.2) is 0 Å². The number of nitrogens with zero attached hydrogens (tertiary/aromatic N) is 2. The predicted octanol–water partition coefficient (Wildman–Crippen LogP) is 2.24. The maximum Gasteiger partial charge on any atom is 0.292 e. The van der Waals surface area contributed by atoms with Crippen molar-refractivity contribution in [3.63, 3.8) is 0 Å². The Kier molecular flexibility index (Phi) is 5.85. The highest BCUT2D eigenvalue weighted by Gasteiger charge is 2.13.